The van der Waals surface area contributed by atoms with E-state index in [2.05, 4.69) is 0 Å². The Morgan fingerprint density at radius 2 is 1.91 bits per heavy atom. The van der Waals surface area contributed by atoms with Gasteiger partial charge in [-0.1, -0.05) is 23.7 Å². The minimum Gasteiger partial charge on any atom is -0.491 e. The largest absolute Gasteiger partial charge is 0.491 e. The number of carboxylic acids is 1. The molecule has 1 N–H and O–H groups in total. The summed E-state index contributed by atoms with van der Waals surface area (Å²) in [6.45, 7) is 3.34. The lowest BCUT2D eigenvalue weighted by Crippen LogP contribution is -2.41. The molecule has 0 bridgehead atoms. The summed E-state index contributed by atoms with van der Waals surface area (Å²) in [4.78, 5) is 38.8. The van der Waals surface area contributed by atoms with Crippen molar-refractivity contribution in [2.24, 2.45) is 5.92 Å². The van der Waals surface area contributed by atoms with Crippen molar-refractivity contribution < 1.29 is 32.6 Å². The van der Waals surface area contributed by atoms with Gasteiger partial charge in [0.05, 0.1) is 16.7 Å². The van der Waals surface area contributed by atoms with Gasteiger partial charge >= 0.3 is 12.0 Å². The van der Waals surface area contributed by atoms with E-state index in [9.17, 15) is 27.9 Å². The molecular formula is C21H30ClN3O7S. The lowest BCUT2D eigenvalue weighted by molar-refractivity contribution is -0.141. The average Bonchev–Trinajstić information content (AvgIpc) is 2.88. The fourth-order valence-electron chi connectivity index (χ4n) is 3.32. The molecule has 184 valence electrons. The first-order chi connectivity index (χ1) is 15.3. The van der Waals surface area contributed by atoms with Crippen LogP contribution in [0.3, 0.4) is 0 Å². The molecule has 1 aromatic carbocycles. The summed E-state index contributed by atoms with van der Waals surface area (Å²) in [5.74, 6) is -2.98. The zero-order valence-corrected chi connectivity index (χ0v) is 20.7. The number of aliphatic carboxylic acids is 1. The number of sulfonamides is 1. The predicted molar refractivity (Wildman–Crippen MR) is 123 cm³/mol. The van der Waals surface area contributed by atoms with Crippen molar-refractivity contribution in [2.45, 2.75) is 32.2 Å². The highest BCUT2D eigenvalue weighted by molar-refractivity contribution is 7.89. The molecule has 1 aliphatic heterocycles. The number of benzene rings is 1. The quantitative estimate of drug-likeness (QED) is 0.433. The molecule has 1 unspecified atom stereocenters. The van der Waals surface area contributed by atoms with E-state index in [4.69, 9.17) is 16.3 Å². The Morgan fingerprint density at radius 1 is 1.27 bits per heavy atom. The van der Waals surface area contributed by atoms with Crippen molar-refractivity contribution in [3.63, 3.8) is 0 Å². The van der Waals surface area contributed by atoms with E-state index in [1.165, 1.54) is 19.0 Å². The van der Waals surface area contributed by atoms with Gasteiger partial charge in [0.15, 0.2) is 0 Å². The van der Waals surface area contributed by atoms with Crippen molar-refractivity contribution >= 4 is 39.5 Å². The van der Waals surface area contributed by atoms with Crippen LogP contribution < -0.4 is 4.74 Å². The van der Waals surface area contributed by atoms with Crippen LogP contribution in [0.1, 0.15) is 26.7 Å². The SMILES string of the molecule is CN1C(=O)N(CCCC(CS(=O)(=O)N(C)CCOc2ccccc2Cl)C(=O)O)C(=O)C1(C)C. The zero-order valence-electron chi connectivity index (χ0n) is 19.2. The first kappa shape index (κ1) is 26.9. The molecule has 1 aliphatic rings. The van der Waals surface area contributed by atoms with Crippen LogP contribution in [0, 0.1) is 5.92 Å². The lowest BCUT2D eigenvalue weighted by Gasteiger charge is -2.22. The molecular weight excluding hydrogens is 474 g/mol. The minimum atomic E-state index is -3.88. The Kier molecular flexibility index (Phi) is 8.72. The van der Waals surface area contributed by atoms with Crippen LogP contribution in [0.2, 0.25) is 5.02 Å². The summed E-state index contributed by atoms with van der Waals surface area (Å²) >= 11 is 6.00. The number of carbonyl (C=O) groups is 3. The number of hydrogen-bond donors (Lipinski definition) is 1. The molecule has 0 saturated carbocycles. The van der Waals surface area contributed by atoms with Gasteiger partial charge in [0.2, 0.25) is 10.0 Å². The Hall–Kier alpha value is -2.37. The number of carboxylic acid groups (broad SMARTS) is 1. The molecule has 2 rings (SSSR count). The van der Waals surface area contributed by atoms with Crippen LogP contribution in [-0.4, -0.2) is 90.6 Å². The molecule has 0 aromatic heterocycles. The van der Waals surface area contributed by atoms with Gasteiger partial charge in [-0.2, -0.15) is 0 Å². The van der Waals surface area contributed by atoms with Gasteiger partial charge in [0, 0.05) is 27.2 Å². The van der Waals surface area contributed by atoms with Crippen LogP contribution in [0.25, 0.3) is 0 Å². The molecule has 33 heavy (non-hydrogen) atoms. The van der Waals surface area contributed by atoms with Gasteiger partial charge < -0.3 is 14.7 Å². The Labute approximate surface area is 199 Å². The highest BCUT2D eigenvalue weighted by atomic mass is 35.5. The third-order valence-electron chi connectivity index (χ3n) is 5.80. The van der Waals surface area contributed by atoms with Crippen molar-refractivity contribution in [1.82, 2.24) is 14.1 Å². The number of urea groups is 1. The van der Waals surface area contributed by atoms with Crippen LogP contribution in [0.15, 0.2) is 24.3 Å². The molecule has 0 spiro atoms. The van der Waals surface area contributed by atoms with E-state index in [1.807, 2.05) is 0 Å². The molecule has 1 aromatic rings. The summed E-state index contributed by atoms with van der Waals surface area (Å²) < 4.78 is 31.9. The highest BCUT2D eigenvalue weighted by Crippen LogP contribution is 2.26. The first-order valence-electron chi connectivity index (χ1n) is 10.4. The zero-order chi connectivity index (χ0) is 25.0. The van der Waals surface area contributed by atoms with Gasteiger partial charge in [0.25, 0.3) is 5.91 Å². The predicted octanol–water partition coefficient (Wildman–Crippen LogP) is 2.13. The van der Waals surface area contributed by atoms with E-state index >= 15 is 0 Å². The minimum absolute atomic E-state index is 0.000268. The van der Waals surface area contributed by atoms with E-state index in [0.717, 1.165) is 9.21 Å². The number of halogens is 1. The average molecular weight is 504 g/mol. The number of imide groups is 1. The third kappa shape index (κ3) is 6.36. The summed E-state index contributed by atoms with van der Waals surface area (Å²) in [5.41, 5.74) is -0.971. The smallest absolute Gasteiger partial charge is 0.327 e. The van der Waals surface area contributed by atoms with Gasteiger partial charge in [0.1, 0.15) is 17.9 Å². The number of nitrogens with zero attached hydrogens (tertiary/aromatic N) is 3. The summed E-state index contributed by atoms with van der Waals surface area (Å²) in [6.07, 6.45) is 0.174. The van der Waals surface area contributed by atoms with Crippen molar-refractivity contribution in [1.29, 1.82) is 0 Å². The standard InChI is InChI=1S/C21H30ClN3O7S/c1-21(2)19(28)25(20(29)24(21)4)11-7-8-15(18(26)27)14-33(30,31)23(3)12-13-32-17-10-6-5-9-16(17)22/h5-6,9-10,15H,7-8,11-14H2,1-4H3,(H,26,27). The number of ether oxygens (including phenoxy) is 1. The second-order valence-corrected chi connectivity index (χ2v) is 10.9. The Morgan fingerprint density at radius 3 is 2.45 bits per heavy atom. The van der Waals surface area contributed by atoms with Gasteiger partial charge in [-0.05, 0) is 38.8 Å². The summed E-state index contributed by atoms with van der Waals surface area (Å²) in [7, 11) is -1.01. The van der Waals surface area contributed by atoms with Crippen LogP contribution >= 0.6 is 11.6 Å². The maximum absolute atomic E-state index is 12.7. The van der Waals surface area contributed by atoms with Crippen LogP contribution in [-0.2, 0) is 19.6 Å². The molecule has 1 heterocycles. The fourth-order valence-corrected chi connectivity index (χ4v) is 4.93. The monoisotopic (exact) mass is 503 g/mol. The van der Waals surface area contributed by atoms with Crippen LogP contribution in [0.5, 0.6) is 5.75 Å². The second kappa shape index (κ2) is 10.7. The van der Waals surface area contributed by atoms with E-state index in [-0.39, 0.29) is 38.4 Å². The summed E-state index contributed by atoms with van der Waals surface area (Å²) in [6, 6.07) is 6.33. The third-order valence-corrected chi connectivity index (χ3v) is 8.06. The number of likely N-dealkylation sites (N-methyl/N-ethyl adjacent to an activating group) is 2. The molecule has 0 aliphatic carbocycles. The molecule has 1 atom stereocenters. The van der Waals surface area contributed by atoms with Crippen LogP contribution in [0.4, 0.5) is 4.79 Å². The van der Waals surface area contributed by atoms with Gasteiger partial charge in [-0.25, -0.2) is 17.5 Å². The fraction of sp³-hybridized carbons (Fsp3) is 0.571. The molecule has 12 heteroatoms. The maximum atomic E-state index is 12.7. The number of para-hydroxylation sites is 1. The molecule has 0 radical (unpaired) electrons. The lowest BCUT2D eigenvalue weighted by atomic mass is 10.0. The number of amides is 3. The molecule has 3 amide bonds. The van der Waals surface area contributed by atoms with E-state index in [0.29, 0.717) is 10.8 Å². The van der Waals surface area contributed by atoms with E-state index < -0.39 is 39.2 Å². The summed E-state index contributed by atoms with van der Waals surface area (Å²) in [5, 5.41) is 9.92. The number of hydrogen-bond acceptors (Lipinski definition) is 6. The van der Waals surface area contributed by atoms with E-state index in [1.54, 1.807) is 38.1 Å². The van der Waals surface area contributed by atoms with Crippen molar-refractivity contribution in [2.75, 3.05) is 39.5 Å². The normalized spacial score (nSPS) is 17.0. The Bertz CT molecular complexity index is 999. The van der Waals surface area contributed by atoms with Crippen molar-refractivity contribution in [3.8, 4) is 5.75 Å². The Balaban J connectivity index is 1.89. The topological polar surface area (TPSA) is 125 Å². The molecule has 1 saturated heterocycles. The second-order valence-electron chi connectivity index (χ2n) is 8.41. The molecule has 1 fully saturated rings. The maximum Gasteiger partial charge on any atom is 0.327 e. The molecule has 10 nitrogen and oxygen atoms in total. The number of rotatable bonds is 12. The first-order valence-corrected chi connectivity index (χ1v) is 12.4. The van der Waals surface area contributed by atoms with Crippen molar-refractivity contribution in [3.05, 3.63) is 29.3 Å². The van der Waals surface area contributed by atoms with Gasteiger partial charge in [-0.3, -0.25) is 14.5 Å². The van der Waals surface area contributed by atoms with Gasteiger partial charge in [-0.15, -0.1) is 0 Å². The highest BCUT2D eigenvalue weighted by Gasteiger charge is 2.48. The number of carbonyl (C=O) groups excluding carboxylic acids is 2.